The average Bonchev–Trinajstić information content (AvgIpc) is 2.35. The van der Waals surface area contributed by atoms with E-state index in [1.165, 1.54) is 12.1 Å². The molecular formula is C13H19N3O3. The van der Waals surface area contributed by atoms with E-state index in [0.717, 1.165) is 5.56 Å². The number of hydrogen-bond donors (Lipinski definition) is 1. The van der Waals surface area contributed by atoms with Gasteiger partial charge in [-0.3, -0.25) is 14.9 Å². The lowest BCUT2D eigenvalue weighted by molar-refractivity contribution is -0.384. The van der Waals surface area contributed by atoms with Crippen molar-refractivity contribution < 1.29 is 9.72 Å². The Morgan fingerprint density at radius 1 is 1.42 bits per heavy atom. The van der Waals surface area contributed by atoms with Crippen LogP contribution in [0.25, 0.3) is 0 Å². The SMILES string of the molecule is CC(N)C(=O)N(Cc1cccc([N+](=O)[O-])c1)C(C)C. The molecule has 1 aromatic rings. The minimum atomic E-state index is -0.582. The molecule has 1 atom stereocenters. The summed E-state index contributed by atoms with van der Waals surface area (Å²) in [5.41, 5.74) is 6.35. The summed E-state index contributed by atoms with van der Waals surface area (Å²) in [7, 11) is 0. The zero-order valence-electron chi connectivity index (χ0n) is 11.4. The van der Waals surface area contributed by atoms with Crippen LogP contribution in [0.3, 0.4) is 0 Å². The van der Waals surface area contributed by atoms with Crippen molar-refractivity contribution in [3.05, 3.63) is 39.9 Å². The predicted octanol–water partition coefficient (Wildman–Crippen LogP) is 1.68. The smallest absolute Gasteiger partial charge is 0.269 e. The predicted molar refractivity (Wildman–Crippen MR) is 72.4 cm³/mol. The second-order valence-electron chi connectivity index (χ2n) is 4.78. The van der Waals surface area contributed by atoms with E-state index in [1.807, 2.05) is 13.8 Å². The van der Waals surface area contributed by atoms with E-state index in [-0.39, 0.29) is 17.6 Å². The first kappa shape index (κ1) is 15.1. The second kappa shape index (κ2) is 6.29. The Morgan fingerprint density at radius 2 is 2.05 bits per heavy atom. The third-order valence-electron chi connectivity index (χ3n) is 2.77. The summed E-state index contributed by atoms with van der Waals surface area (Å²) in [5, 5.41) is 10.7. The van der Waals surface area contributed by atoms with Crippen molar-refractivity contribution in [2.45, 2.75) is 39.4 Å². The Bertz CT molecular complexity index is 472. The first-order valence-corrected chi connectivity index (χ1v) is 6.12. The fourth-order valence-electron chi connectivity index (χ4n) is 1.74. The minimum Gasteiger partial charge on any atom is -0.335 e. The maximum atomic E-state index is 12.0. The largest absolute Gasteiger partial charge is 0.335 e. The highest BCUT2D eigenvalue weighted by Crippen LogP contribution is 2.16. The maximum Gasteiger partial charge on any atom is 0.269 e. The number of non-ortho nitro benzene ring substituents is 1. The van der Waals surface area contributed by atoms with Crippen molar-refractivity contribution >= 4 is 11.6 Å². The Labute approximate surface area is 112 Å². The van der Waals surface area contributed by atoms with Gasteiger partial charge in [0, 0.05) is 24.7 Å². The van der Waals surface area contributed by atoms with Gasteiger partial charge >= 0.3 is 0 Å². The van der Waals surface area contributed by atoms with Crippen LogP contribution < -0.4 is 5.73 Å². The molecule has 0 fully saturated rings. The lowest BCUT2D eigenvalue weighted by atomic mass is 10.1. The number of amides is 1. The molecule has 0 heterocycles. The molecule has 0 bridgehead atoms. The molecule has 0 saturated heterocycles. The number of nitrogens with zero attached hydrogens (tertiary/aromatic N) is 2. The molecule has 1 aromatic carbocycles. The number of nitro groups is 1. The molecule has 0 aliphatic heterocycles. The van der Waals surface area contributed by atoms with Crippen LogP contribution in [-0.2, 0) is 11.3 Å². The van der Waals surface area contributed by atoms with E-state index in [0.29, 0.717) is 6.54 Å². The summed E-state index contributed by atoms with van der Waals surface area (Å²) in [6, 6.07) is 5.68. The molecule has 1 amide bonds. The third kappa shape index (κ3) is 4.03. The van der Waals surface area contributed by atoms with Gasteiger partial charge in [-0.05, 0) is 26.3 Å². The topological polar surface area (TPSA) is 89.5 Å². The van der Waals surface area contributed by atoms with Crippen LogP contribution in [-0.4, -0.2) is 27.8 Å². The van der Waals surface area contributed by atoms with Gasteiger partial charge in [0.15, 0.2) is 0 Å². The zero-order valence-corrected chi connectivity index (χ0v) is 11.4. The molecule has 19 heavy (non-hydrogen) atoms. The van der Waals surface area contributed by atoms with E-state index in [9.17, 15) is 14.9 Å². The fourth-order valence-corrected chi connectivity index (χ4v) is 1.74. The van der Waals surface area contributed by atoms with Crippen LogP contribution in [0.4, 0.5) is 5.69 Å². The van der Waals surface area contributed by atoms with E-state index >= 15 is 0 Å². The number of nitro benzene ring substituents is 1. The lowest BCUT2D eigenvalue weighted by Gasteiger charge is -2.28. The molecule has 0 radical (unpaired) electrons. The van der Waals surface area contributed by atoms with E-state index in [4.69, 9.17) is 5.73 Å². The van der Waals surface area contributed by atoms with E-state index in [1.54, 1.807) is 24.0 Å². The van der Waals surface area contributed by atoms with Crippen LogP contribution in [0.15, 0.2) is 24.3 Å². The highest BCUT2D eigenvalue weighted by atomic mass is 16.6. The number of benzene rings is 1. The first-order chi connectivity index (χ1) is 8.82. The normalized spacial score (nSPS) is 12.3. The lowest BCUT2D eigenvalue weighted by Crippen LogP contribution is -2.45. The first-order valence-electron chi connectivity index (χ1n) is 6.12. The van der Waals surface area contributed by atoms with Crippen LogP contribution in [0.5, 0.6) is 0 Å². The van der Waals surface area contributed by atoms with Gasteiger partial charge in [-0.15, -0.1) is 0 Å². The van der Waals surface area contributed by atoms with Gasteiger partial charge in [0.2, 0.25) is 5.91 Å². The summed E-state index contributed by atoms with van der Waals surface area (Å²) in [6.45, 7) is 5.72. The molecule has 1 rings (SSSR count). The minimum absolute atomic E-state index is 0.0160. The van der Waals surface area contributed by atoms with Gasteiger partial charge in [0.05, 0.1) is 11.0 Å². The summed E-state index contributed by atoms with van der Waals surface area (Å²) >= 11 is 0. The number of rotatable bonds is 5. The van der Waals surface area contributed by atoms with Gasteiger partial charge < -0.3 is 10.6 Å². The third-order valence-corrected chi connectivity index (χ3v) is 2.77. The molecule has 6 nitrogen and oxygen atoms in total. The van der Waals surface area contributed by atoms with E-state index < -0.39 is 11.0 Å². The summed E-state index contributed by atoms with van der Waals surface area (Å²) in [4.78, 5) is 23.9. The monoisotopic (exact) mass is 265 g/mol. The van der Waals surface area contributed by atoms with Gasteiger partial charge in [0.1, 0.15) is 0 Å². The van der Waals surface area contributed by atoms with E-state index in [2.05, 4.69) is 0 Å². The van der Waals surface area contributed by atoms with Gasteiger partial charge in [0.25, 0.3) is 5.69 Å². The molecule has 0 saturated carbocycles. The standard InChI is InChI=1S/C13H19N3O3/c1-9(2)15(13(17)10(3)14)8-11-5-4-6-12(7-11)16(18)19/h4-7,9-10H,8,14H2,1-3H3. The number of carbonyl (C=O) groups is 1. The Balaban J connectivity index is 2.94. The Morgan fingerprint density at radius 3 is 2.53 bits per heavy atom. The fraction of sp³-hybridized carbons (Fsp3) is 0.462. The highest BCUT2D eigenvalue weighted by Gasteiger charge is 2.21. The Kier molecular flexibility index (Phi) is 5.00. The molecule has 0 aliphatic rings. The summed E-state index contributed by atoms with van der Waals surface area (Å²) in [6.07, 6.45) is 0. The maximum absolute atomic E-state index is 12.0. The number of hydrogen-bond acceptors (Lipinski definition) is 4. The molecule has 104 valence electrons. The van der Waals surface area contributed by atoms with Crippen LogP contribution in [0.1, 0.15) is 26.3 Å². The van der Waals surface area contributed by atoms with Gasteiger partial charge in [-0.2, -0.15) is 0 Å². The molecule has 1 unspecified atom stereocenters. The number of carbonyl (C=O) groups excluding carboxylic acids is 1. The summed E-state index contributed by atoms with van der Waals surface area (Å²) < 4.78 is 0. The molecule has 0 aliphatic carbocycles. The van der Waals surface area contributed by atoms with Crippen molar-refractivity contribution in [2.24, 2.45) is 5.73 Å². The molecular weight excluding hydrogens is 246 g/mol. The summed E-state index contributed by atoms with van der Waals surface area (Å²) in [5.74, 6) is -0.165. The van der Waals surface area contributed by atoms with Crippen molar-refractivity contribution in [2.75, 3.05) is 0 Å². The second-order valence-corrected chi connectivity index (χ2v) is 4.78. The van der Waals surface area contributed by atoms with Crippen molar-refractivity contribution in [1.82, 2.24) is 4.90 Å². The quantitative estimate of drug-likeness (QED) is 0.648. The van der Waals surface area contributed by atoms with Crippen molar-refractivity contribution in [3.63, 3.8) is 0 Å². The average molecular weight is 265 g/mol. The molecule has 0 spiro atoms. The van der Waals surface area contributed by atoms with Crippen LogP contribution in [0.2, 0.25) is 0 Å². The van der Waals surface area contributed by atoms with Crippen molar-refractivity contribution in [3.8, 4) is 0 Å². The van der Waals surface area contributed by atoms with Crippen molar-refractivity contribution in [1.29, 1.82) is 0 Å². The molecule has 6 heteroatoms. The van der Waals surface area contributed by atoms with Gasteiger partial charge in [-0.1, -0.05) is 12.1 Å². The van der Waals surface area contributed by atoms with Gasteiger partial charge in [-0.25, -0.2) is 0 Å². The van der Waals surface area contributed by atoms with Crippen LogP contribution in [0, 0.1) is 10.1 Å². The number of nitrogens with two attached hydrogens (primary N) is 1. The Hall–Kier alpha value is -1.95. The highest BCUT2D eigenvalue weighted by molar-refractivity contribution is 5.81. The van der Waals surface area contributed by atoms with Crippen LogP contribution >= 0.6 is 0 Å². The molecule has 2 N–H and O–H groups in total. The zero-order chi connectivity index (χ0) is 14.6. The molecule has 0 aromatic heterocycles.